The molecule has 0 aliphatic carbocycles. The van der Waals surface area contributed by atoms with Crippen molar-refractivity contribution in [3.05, 3.63) is 23.8 Å². The van der Waals surface area contributed by atoms with E-state index in [1.807, 2.05) is 12.1 Å². The number of hydrogen-bond donors (Lipinski definition) is 1. The van der Waals surface area contributed by atoms with E-state index in [0.29, 0.717) is 0 Å². The average Bonchev–Trinajstić information content (AvgIpc) is 2.42. The summed E-state index contributed by atoms with van der Waals surface area (Å²) in [6.45, 7) is 0.759. The number of methoxy groups -OCH3 is 2. The standard InChI is InChI=1S/C14H21NO3/c1-17-13-8-7-12(10-14(13)18-2)6-4-3-5-9-15-11-16/h7-8,10-11H,3-6,9H2,1-2H3,(H,15,16). The molecule has 1 aromatic carbocycles. The summed E-state index contributed by atoms with van der Waals surface area (Å²) in [6.07, 6.45) is 4.99. The normalized spacial score (nSPS) is 9.89. The predicted molar refractivity (Wildman–Crippen MR) is 71.2 cm³/mol. The van der Waals surface area contributed by atoms with Crippen molar-refractivity contribution < 1.29 is 14.3 Å². The van der Waals surface area contributed by atoms with Crippen molar-refractivity contribution in [1.82, 2.24) is 5.32 Å². The highest BCUT2D eigenvalue weighted by molar-refractivity contribution is 5.45. The van der Waals surface area contributed by atoms with Gasteiger partial charge in [0.15, 0.2) is 11.5 Å². The molecular formula is C14H21NO3. The molecule has 0 radical (unpaired) electrons. The Balaban J connectivity index is 2.36. The molecule has 4 heteroatoms. The second kappa shape index (κ2) is 8.39. The Morgan fingerprint density at radius 1 is 1.11 bits per heavy atom. The van der Waals surface area contributed by atoms with Gasteiger partial charge in [-0.05, 0) is 37.0 Å². The lowest BCUT2D eigenvalue weighted by atomic mass is 10.1. The van der Waals surface area contributed by atoms with Crippen LogP contribution in [0.4, 0.5) is 0 Å². The molecule has 0 bridgehead atoms. The highest BCUT2D eigenvalue weighted by Gasteiger charge is 2.04. The fourth-order valence-electron chi connectivity index (χ4n) is 1.83. The minimum atomic E-state index is 0.744. The van der Waals surface area contributed by atoms with Crippen molar-refractivity contribution in [1.29, 1.82) is 0 Å². The molecule has 0 atom stereocenters. The van der Waals surface area contributed by atoms with E-state index >= 15 is 0 Å². The van der Waals surface area contributed by atoms with Crippen LogP contribution in [0.5, 0.6) is 11.5 Å². The smallest absolute Gasteiger partial charge is 0.207 e. The molecule has 0 spiro atoms. The topological polar surface area (TPSA) is 47.6 Å². The third-order valence-electron chi connectivity index (χ3n) is 2.82. The third kappa shape index (κ3) is 4.65. The summed E-state index contributed by atoms with van der Waals surface area (Å²) in [5.41, 5.74) is 1.25. The lowest BCUT2D eigenvalue weighted by Gasteiger charge is -2.09. The Labute approximate surface area is 108 Å². The van der Waals surface area contributed by atoms with Gasteiger partial charge in [0.1, 0.15) is 0 Å². The number of rotatable bonds is 9. The van der Waals surface area contributed by atoms with Crippen molar-refractivity contribution >= 4 is 6.41 Å². The van der Waals surface area contributed by atoms with Crippen LogP contribution in [-0.2, 0) is 11.2 Å². The highest BCUT2D eigenvalue weighted by atomic mass is 16.5. The van der Waals surface area contributed by atoms with E-state index in [0.717, 1.165) is 50.1 Å². The number of carbonyl (C=O) groups is 1. The van der Waals surface area contributed by atoms with Crippen molar-refractivity contribution in [3.8, 4) is 11.5 Å². The lowest BCUT2D eigenvalue weighted by molar-refractivity contribution is -0.109. The summed E-state index contributed by atoms with van der Waals surface area (Å²) in [5, 5.41) is 2.66. The summed E-state index contributed by atoms with van der Waals surface area (Å²) in [5.74, 6) is 1.54. The Bertz CT molecular complexity index is 366. The average molecular weight is 251 g/mol. The maximum atomic E-state index is 10.1. The number of hydrogen-bond acceptors (Lipinski definition) is 3. The van der Waals surface area contributed by atoms with Crippen LogP contribution in [0.25, 0.3) is 0 Å². The van der Waals surface area contributed by atoms with E-state index in [1.165, 1.54) is 5.56 Å². The molecular weight excluding hydrogens is 230 g/mol. The number of unbranched alkanes of at least 4 members (excludes halogenated alkanes) is 2. The fourth-order valence-corrected chi connectivity index (χ4v) is 1.83. The summed E-state index contributed by atoms with van der Waals surface area (Å²) in [6, 6.07) is 6.01. The fraction of sp³-hybridized carbons (Fsp3) is 0.500. The molecule has 1 aromatic rings. The first-order chi connectivity index (χ1) is 8.81. The van der Waals surface area contributed by atoms with Crippen LogP contribution >= 0.6 is 0 Å². The number of ether oxygens (including phenoxy) is 2. The van der Waals surface area contributed by atoms with Crippen molar-refractivity contribution in [2.45, 2.75) is 25.7 Å². The first-order valence-corrected chi connectivity index (χ1v) is 6.19. The number of amides is 1. The van der Waals surface area contributed by atoms with Crippen LogP contribution in [0.3, 0.4) is 0 Å². The summed E-state index contributed by atoms with van der Waals surface area (Å²) in [4.78, 5) is 10.1. The Morgan fingerprint density at radius 3 is 2.56 bits per heavy atom. The molecule has 0 aromatic heterocycles. The van der Waals surface area contributed by atoms with Gasteiger partial charge in [0.2, 0.25) is 6.41 Å². The van der Waals surface area contributed by atoms with Gasteiger partial charge in [0.25, 0.3) is 0 Å². The van der Waals surface area contributed by atoms with Gasteiger partial charge in [-0.2, -0.15) is 0 Å². The van der Waals surface area contributed by atoms with Gasteiger partial charge in [-0.1, -0.05) is 12.5 Å². The van der Waals surface area contributed by atoms with E-state index in [4.69, 9.17) is 9.47 Å². The largest absolute Gasteiger partial charge is 0.493 e. The molecule has 4 nitrogen and oxygen atoms in total. The van der Waals surface area contributed by atoms with E-state index < -0.39 is 0 Å². The quantitative estimate of drug-likeness (QED) is 0.540. The van der Waals surface area contributed by atoms with Crippen molar-refractivity contribution in [2.75, 3.05) is 20.8 Å². The first kappa shape index (κ1) is 14.4. The highest BCUT2D eigenvalue weighted by Crippen LogP contribution is 2.28. The summed E-state index contributed by atoms with van der Waals surface area (Å²) >= 11 is 0. The maximum absolute atomic E-state index is 10.1. The van der Waals surface area contributed by atoms with Crippen molar-refractivity contribution in [3.63, 3.8) is 0 Å². The summed E-state index contributed by atoms with van der Waals surface area (Å²) < 4.78 is 10.5. The van der Waals surface area contributed by atoms with Crippen LogP contribution in [-0.4, -0.2) is 27.2 Å². The zero-order valence-electron chi connectivity index (χ0n) is 11.1. The van der Waals surface area contributed by atoms with E-state index in [1.54, 1.807) is 14.2 Å². The SMILES string of the molecule is COc1ccc(CCCCCNC=O)cc1OC. The number of nitrogens with one attached hydrogen (secondary N) is 1. The molecule has 0 unspecified atom stereocenters. The molecule has 0 saturated heterocycles. The minimum Gasteiger partial charge on any atom is -0.493 e. The van der Waals surface area contributed by atoms with E-state index in [9.17, 15) is 4.79 Å². The van der Waals surface area contributed by atoms with Crippen LogP contribution in [0.1, 0.15) is 24.8 Å². The van der Waals surface area contributed by atoms with Crippen LogP contribution in [0.2, 0.25) is 0 Å². The molecule has 1 amide bonds. The number of benzene rings is 1. The van der Waals surface area contributed by atoms with Gasteiger partial charge in [-0.15, -0.1) is 0 Å². The van der Waals surface area contributed by atoms with E-state index in [-0.39, 0.29) is 0 Å². The Morgan fingerprint density at radius 2 is 1.89 bits per heavy atom. The second-order valence-electron chi connectivity index (χ2n) is 4.07. The monoisotopic (exact) mass is 251 g/mol. The van der Waals surface area contributed by atoms with Crippen LogP contribution in [0.15, 0.2) is 18.2 Å². The van der Waals surface area contributed by atoms with Gasteiger partial charge in [0, 0.05) is 6.54 Å². The zero-order valence-corrected chi connectivity index (χ0v) is 11.1. The summed E-state index contributed by atoms with van der Waals surface area (Å²) in [7, 11) is 3.28. The van der Waals surface area contributed by atoms with Gasteiger partial charge < -0.3 is 14.8 Å². The molecule has 0 fully saturated rings. The van der Waals surface area contributed by atoms with Crippen molar-refractivity contribution in [2.24, 2.45) is 0 Å². The Hall–Kier alpha value is -1.71. The molecule has 0 aliphatic rings. The molecule has 18 heavy (non-hydrogen) atoms. The molecule has 0 saturated carbocycles. The van der Waals surface area contributed by atoms with E-state index in [2.05, 4.69) is 11.4 Å². The van der Waals surface area contributed by atoms with Gasteiger partial charge >= 0.3 is 0 Å². The van der Waals surface area contributed by atoms with Crippen LogP contribution in [0, 0.1) is 0 Å². The first-order valence-electron chi connectivity index (χ1n) is 6.19. The van der Waals surface area contributed by atoms with Gasteiger partial charge in [0.05, 0.1) is 14.2 Å². The molecule has 0 aliphatic heterocycles. The Kier molecular flexibility index (Phi) is 6.69. The molecule has 1 rings (SSSR count). The molecule has 100 valence electrons. The zero-order chi connectivity index (χ0) is 13.2. The molecule has 0 heterocycles. The minimum absolute atomic E-state index is 0.744. The number of carbonyl (C=O) groups excluding carboxylic acids is 1. The predicted octanol–water partition coefficient (Wildman–Crippen LogP) is 2.16. The lowest BCUT2D eigenvalue weighted by Crippen LogP contribution is -2.11. The molecule has 1 N–H and O–H groups in total. The maximum Gasteiger partial charge on any atom is 0.207 e. The van der Waals surface area contributed by atoms with Crippen LogP contribution < -0.4 is 14.8 Å². The number of aryl methyl sites for hydroxylation is 1. The van der Waals surface area contributed by atoms with Gasteiger partial charge in [-0.25, -0.2) is 0 Å². The second-order valence-corrected chi connectivity index (χ2v) is 4.07. The van der Waals surface area contributed by atoms with Gasteiger partial charge in [-0.3, -0.25) is 4.79 Å². The third-order valence-corrected chi connectivity index (χ3v) is 2.82.